The Labute approximate surface area is 220 Å². The molecular weight excluding hydrogens is 517 g/mol. The van der Waals surface area contributed by atoms with Gasteiger partial charge in [0.25, 0.3) is 11.5 Å². The molecule has 3 aromatic carbocycles. The SMILES string of the molecule is N#Cc1nn(-c2cc(Cl)c(Oc3ccc4c(c3)CCN(Cc3ccccc3)C4=O)c(Cl)c2)c(=O)[nH]c1=O. The first-order chi connectivity index (χ1) is 17.8. The van der Waals surface area contributed by atoms with Gasteiger partial charge < -0.3 is 9.64 Å². The van der Waals surface area contributed by atoms with Crippen LogP contribution in [0.15, 0.2) is 70.3 Å². The lowest BCUT2D eigenvalue weighted by Gasteiger charge is -2.29. The minimum atomic E-state index is -0.894. The fraction of sp³-hybridized carbons (Fsp3) is 0.115. The Hall–Kier alpha value is -4.39. The number of ether oxygens (including phenoxy) is 1. The predicted octanol–water partition coefficient (Wildman–Crippen LogP) is 4.09. The zero-order valence-corrected chi connectivity index (χ0v) is 20.6. The predicted molar refractivity (Wildman–Crippen MR) is 137 cm³/mol. The third kappa shape index (κ3) is 4.85. The monoisotopic (exact) mass is 533 g/mol. The lowest BCUT2D eigenvalue weighted by atomic mass is 9.98. The molecule has 0 saturated carbocycles. The van der Waals surface area contributed by atoms with Crippen molar-refractivity contribution in [1.82, 2.24) is 19.7 Å². The van der Waals surface area contributed by atoms with Gasteiger partial charge in [0.15, 0.2) is 5.75 Å². The van der Waals surface area contributed by atoms with Gasteiger partial charge in [0, 0.05) is 18.7 Å². The first-order valence-corrected chi connectivity index (χ1v) is 11.9. The maximum absolute atomic E-state index is 13.0. The van der Waals surface area contributed by atoms with E-state index in [2.05, 4.69) is 5.10 Å². The number of rotatable bonds is 5. The van der Waals surface area contributed by atoms with Crippen molar-refractivity contribution >= 4 is 29.1 Å². The number of nitrogens with zero attached hydrogens (tertiary/aromatic N) is 4. The molecule has 1 aromatic heterocycles. The normalized spacial score (nSPS) is 12.7. The molecule has 0 unspecified atom stereocenters. The number of aromatic nitrogens is 3. The largest absolute Gasteiger partial charge is 0.454 e. The molecule has 0 aliphatic carbocycles. The molecule has 37 heavy (non-hydrogen) atoms. The zero-order chi connectivity index (χ0) is 26.1. The van der Waals surface area contributed by atoms with Crippen LogP contribution in [0.3, 0.4) is 0 Å². The van der Waals surface area contributed by atoms with E-state index < -0.39 is 16.9 Å². The molecule has 0 fully saturated rings. The van der Waals surface area contributed by atoms with Gasteiger partial charge in [-0.1, -0.05) is 53.5 Å². The van der Waals surface area contributed by atoms with Gasteiger partial charge in [-0.3, -0.25) is 14.6 Å². The molecule has 0 spiro atoms. The Morgan fingerprint density at radius 1 is 1.03 bits per heavy atom. The topological polar surface area (TPSA) is 121 Å². The fourth-order valence-corrected chi connectivity index (χ4v) is 4.62. The van der Waals surface area contributed by atoms with E-state index in [1.807, 2.05) is 40.2 Å². The maximum atomic E-state index is 13.0. The van der Waals surface area contributed by atoms with Crippen molar-refractivity contribution in [2.45, 2.75) is 13.0 Å². The molecular formula is C26H17Cl2N5O4. The maximum Gasteiger partial charge on any atom is 0.349 e. The molecule has 184 valence electrons. The molecule has 1 aliphatic heterocycles. The number of aromatic amines is 1. The van der Waals surface area contributed by atoms with E-state index in [0.717, 1.165) is 15.8 Å². The molecule has 5 rings (SSSR count). The summed E-state index contributed by atoms with van der Waals surface area (Å²) >= 11 is 12.8. The van der Waals surface area contributed by atoms with E-state index in [1.165, 1.54) is 12.1 Å². The molecule has 11 heteroatoms. The summed E-state index contributed by atoms with van der Waals surface area (Å²) in [4.78, 5) is 40.7. The summed E-state index contributed by atoms with van der Waals surface area (Å²) in [5, 5.41) is 12.9. The molecule has 2 heterocycles. The van der Waals surface area contributed by atoms with Crippen LogP contribution >= 0.6 is 23.2 Å². The summed E-state index contributed by atoms with van der Waals surface area (Å²) < 4.78 is 6.75. The van der Waals surface area contributed by atoms with Gasteiger partial charge in [-0.2, -0.15) is 9.94 Å². The molecule has 1 N–H and O–H groups in total. The van der Waals surface area contributed by atoms with Gasteiger partial charge in [-0.05, 0) is 47.9 Å². The number of amides is 1. The number of fused-ring (bicyclic) bond motifs is 1. The second kappa shape index (κ2) is 9.93. The van der Waals surface area contributed by atoms with E-state index in [0.29, 0.717) is 30.8 Å². The first-order valence-electron chi connectivity index (χ1n) is 11.1. The number of H-pyrrole nitrogens is 1. The van der Waals surface area contributed by atoms with E-state index in [4.69, 9.17) is 33.2 Å². The molecule has 0 bridgehead atoms. The molecule has 1 amide bonds. The third-order valence-corrected chi connectivity index (χ3v) is 6.40. The van der Waals surface area contributed by atoms with Crippen molar-refractivity contribution in [3.63, 3.8) is 0 Å². The molecule has 0 saturated heterocycles. The second-order valence-corrected chi connectivity index (χ2v) is 9.07. The highest BCUT2D eigenvalue weighted by molar-refractivity contribution is 6.37. The van der Waals surface area contributed by atoms with Crippen LogP contribution in [-0.4, -0.2) is 32.1 Å². The van der Waals surface area contributed by atoms with Crippen LogP contribution in [0.2, 0.25) is 10.0 Å². The van der Waals surface area contributed by atoms with Crippen LogP contribution in [0.5, 0.6) is 11.5 Å². The van der Waals surface area contributed by atoms with Crippen LogP contribution in [0.1, 0.15) is 27.2 Å². The molecule has 9 nitrogen and oxygen atoms in total. The van der Waals surface area contributed by atoms with E-state index >= 15 is 0 Å². The Morgan fingerprint density at radius 3 is 2.46 bits per heavy atom. The highest BCUT2D eigenvalue weighted by atomic mass is 35.5. The van der Waals surface area contributed by atoms with Gasteiger partial charge in [-0.25, -0.2) is 4.79 Å². The minimum Gasteiger partial charge on any atom is -0.454 e. The summed E-state index contributed by atoms with van der Waals surface area (Å²) in [6.07, 6.45) is 0.660. The van der Waals surface area contributed by atoms with Crippen molar-refractivity contribution in [2.75, 3.05) is 6.54 Å². The van der Waals surface area contributed by atoms with Gasteiger partial charge >= 0.3 is 5.69 Å². The number of carbonyl (C=O) groups is 1. The number of carbonyl (C=O) groups excluding carboxylic acids is 1. The number of halogens is 2. The van der Waals surface area contributed by atoms with Crippen LogP contribution in [0, 0.1) is 11.3 Å². The summed E-state index contributed by atoms with van der Waals surface area (Å²) in [5.41, 5.74) is 0.422. The Morgan fingerprint density at radius 2 is 1.76 bits per heavy atom. The van der Waals surface area contributed by atoms with Crippen LogP contribution in [-0.2, 0) is 13.0 Å². The number of nitrogens with one attached hydrogen (secondary N) is 1. The summed E-state index contributed by atoms with van der Waals surface area (Å²) in [6.45, 7) is 1.12. The standard InChI is InChI=1S/C26H17Cl2N5O4/c27-20-11-17(33-26(36)30-24(34)22(13-29)31-33)12-21(28)23(20)37-18-6-7-19-16(10-18)8-9-32(25(19)35)14-15-4-2-1-3-5-15/h1-7,10-12H,8-9,14H2,(H,30,34,36). The van der Waals surface area contributed by atoms with E-state index in [1.54, 1.807) is 24.3 Å². The van der Waals surface area contributed by atoms with Crippen molar-refractivity contribution < 1.29 is 9.53 Å². The first kappa shape index (κ1) is 24.3. The number of hydrogen-bond acceptors (Lipinski definition) is 6. The lowest BCUT2D eigenvalue weighted by molar-refractivity contribution is 0.0727. The molecule has 4 aromatic rings. The number of nitriles is 1. The van der Waals surface area contributed by atoms with Crippen LogP contribution in [0.25, 0.3) is 5.69 Å². The number of benzene rings is 3. The van der Waals surface area contributed by atoms with Crippen molar-refractivity contribution in [3.8, 4) is 23.3 Å². The average molecular weight is 534 g/mol. The fourth-order valence-electron chi connectivity index (χ4n) is 4.06. The van der Waals surface area contributed by atoms with Gasteiger partial charge in [0.05, 0.1) is 15.7 Å². The lowest BCUT2D eigenvalue weighted by Crippen LogP contribution is -2.37. The minimum absolute atomic E-state index is 0.0485. The van der Waals surface area contributed by atoms with Crippen molar-refractivity contribution in [2.24, 2.45) is 0 Å². The average Bonchev–Trinajstić information content (AvgIpc) is 2.88. The van der Waals surface area contributed by atoms with Crippen molar-refractivity contribution in [1.29, 1.82) is 5.26 Å². The summed E-state index contributed by atoms with van der Waals surface area (Å²) in [6, 6.07) is 19.3. The van der Waals surface area contributed by atoms with Gasteiger partial charge in [0.2, 0.25) is 5.69 Å². The number of hydrogen-bond donors (Lipinski definition) is 1. The smallest absolute Gasteiger partial charge is 0.349 e. The van der Waals surface area contributed by atoms with Gasteiger partial charge in [-0.15, -0.1) is 5.10 Å². The van der Waals surface area contributed by atoms with E-state index in [9.17, 15) is 14.4 Å². The highest BCUT2D eigenvalue weighted by Crippen LogP contribution is 2.39. The second-order valence-electron chi connectivity index (χ2n) is 8.25. The van der Waals surface area contributed by atoms with Crippen LogP contribution in [0.4, 0.5) is 0 Å². The third-order valence-electron chi connectivity index (χ3n) is 5.84. The van der Waals surface area contributed by atoms with Gasteiger partial charge in [0.1, 0.15) is 11.8 Å². The van der Waals surface area contributed by atoms with Crippen molar-refractivity contribution in [3.05, 3.63) is 114 Å². The highest BCUT2D eigenvalue weighted by Gasteiger charge is 2.25. The summed E-state index contributed by atoms with van der Waals surface area (Å²) in [7, 11) is 0. The quantitative estimate of drug-likeness (QED) is 0.412. The van der Waals surface area contributed by atoms with Crippen LogP contribution < -0.4 is 16.0 Å². The zero-order valence-electron chi connectivity index (χ0n) is 19.1. The molecule has 1 aliphatic rings. The Kier molecular flexibility index (Phi) is 6.53. The summed E-state index contributed by atoms with van der Waals surface area (Å²) in [5.74, 6) is 0.524. The Bertz CT molecular complexity index is 1670. The van der Waals surface area contributed by atoms with E-state index in [-0.39, 0.29) is 27.4 Å². The molecule has 0 atom stereocenters. The Balaban J connectivity index is 1.39. The molecule has 0 radical (unpaired) electrons.